The van der Waals surface area contributed by atoms with E-state index in [1.807, 2.05) is 13.0 Å². The second kappa shape index (κ2) is 8.02. The minimum Gasteiger partial charge on any atom is -0.507 e. The average molecular weight is 424 g/mol. The minimum absolute atomic E-state index is 0.0203. The Morgan fingerprint density at radius 3 is 2.90 bits per heavy atom. The molecule has 0 unspecified atom stereocenters. The van der Waals surface area contributed by atoms with E-state index in [9.17, 15) is 15.2 Å². The Morgan fingerprint density at radius 2 is 2.20 bits per heavy atom. The fourth-order valence-corrected chi connectivity index (χ4v) is 4.63. The Labute approximate surface area is 180 Å². The number of phenolic OH excluding ortho intramolecular Hbond substituents is 1. The number of nitriles is 1. The van der Waals surface area contributed by atoms with Gasteiger partial charge in [-0.3, -0.25) is 9.69 Å². The van der Waals surface area contributed by atoms with Crippen LogP contribution in [-0.2, 0) is 11.3 Å². The van der Waals surface area contributed by atoms with Crippen molar-refractivity contribution in [3.8, 4) is 28.7 Å². The number of piperazine rings is 1. The number of fused-ring (bicyclic) bond motifs is 2. The number of phenols is 1. The van der Waals surface area contributed by atoms with Crippen molar-refractivity contribution < 1.29 is 14.6 Å². The largest absolute Gasteiger partial charge is 0.507 e. The topological polar surface area (TPSA) is 76.8 Å². The van der Waals surface area contributed by atoms with E-state index in [2.05, 4.69) is 17.5 Å². The molecule has 2 aromatic rings. The van der Waals surface area contributed by atoms with Crippen LogP contribution in [0.3, 0.4) is 0 Å². The standard InChI is InChI=1S/C23H22ClN3O3/c1-3-19(29)27-8-7-26-11-16-9-15(10-25)21(20-14(2)5-4-6-18(20)28)22(24)23(16)30-13-17(26)12-27/h3-6,9,17,28H,1,7-8,11-13H2,2H3/t17-/m1/s1. The van der Waals surface area contributed by atoms with Gasteiger partial charge in [-0.15, -0.1) is 0 Å². The highest BCUT2D eigenvalue weighted by atomic mass is 35.5. The van der Waals surface area contributed by atoms with Crippen LogP contribution in [0.15, 0.2) is 36.9 Å². The van der Waals surface area contributed by atoms with E-state index in [1.54, 1.807) is 23.1 Å². The maximum atomic E-state index is 12.0. The van der Waals surface area contributed by atoms with Gasteiger partial charge >= 0.3 is 0 Å². The zero-order chi connectivity index (χ0) is 21.4. The summed E-state index contributed by atoms with van der Waals surface area (Å²) in [5.74, 6) is 0.515. The Balaban J connectivity index is 1.76. The second-order valence-electron chi connectivity index (χ2n) is 7.61. The van der Waals surface area contributed by atoms with E-state index in [0.29, 0.717) is 60.2 Å². The molecule has 0 saturated carbocycles. The van der Waals surface area contributed by atoms with Crippen LogP contribution in [0.5, 0.6) is 11.5 Å². The molecule has 0 bridgehead atoms. The molecular formula is C23H22ClN3O3. The number of hydrogen-bond donors (Lipinski definition) is 1. The van der Waals surface area contributed by atoms with E-state index in [0.717, 1.165) is 11.1 Å². The second-order valence-corrected chi connectivity index (χ2v) is 7.98. The molecule has 2 aromatic carbocycles. The average Bonchev–Trinajstić information content (AvgIpc) is 2.93. The van der Waals surface area contributed by atoms with Crippen molar-refractivity contribution in [3.05, 3.63) is 58.6 Å². The molecule has 0 radical (unpaired) electrons. The number of carbonyl (C=O) groups excluding carboxylic acids is 1. The molecule has 1 N–H and O–H groups in total. The third-order valence-electron chi connectivity index (χ3n) is 5.80. The van der Waals surface area contributed by atoms with Gasteiger partial charge in [-0.25, -0.2) is 0 Å². The Kier molecular flexibility index (Phi) is 5.42. The molecule has 1 atom stereocenters. The highest BCUT2D eigenvalue weighted by molar-refractivity contribution is 6.35. The lowest BCUT2D eigenvalue weighted by atomic mass is 9.93. The molecule has 30 heavy (non-hydrogen) atoms. The number of rotatable bonds is 2. The first-order valence-corrected chi connectivity index (χ1v) is 10.1. The predicted molar refractivity (Wildman–Crippen MR) is 114 cm³/mol. The van der Waals surface area contributed by atoms with Gasteiger partial charge in [-0.2, -0.15) is 5.26 Å². The molecule has 1 fully saturated rings. The van der Waals surface area contributed by atoms with Crippen LogP contribution in [0.4, 0.5) is 0 Å². The van der Waals surface area contributed by atoms with Crippen molar-refractivity contribution in [3.63, 3.8) is 0 Å². The van der Waals surface area contributed by atoms with Gasteiger partial charge in [0.05, 0.1) is 22.7 Å². The summed E-state index contributed by atoms with van der Waals surface area (Å²) in [6, 6.07) is 9.25. The Morgan fingerprint density at radius 1 is 1.40 bits per heavy atom. The first-order chi connectivity index (χ1) is 14.4. The van der Waals surface area contributed by atoms with Gasteiger partial charge in [0.2, 0.25) is 5.91 Å². The van der Waals surface area contributed by atoms with E-state index >= 15 is 0 Å². The van der Waals surface area contributed by atoms with Crippen molar-refractivity contribution in [1.29, 1.82) is 5.26 Å². The first kappa shape index (κ1) is 20.3. The van der Waals surface area contributed by atoms with Crippen LogP contribution >= 0.6 is 11.6 Å². The summed E-state index contributed by atoms with van der Waals surface area (Å²) < 4.78 is 6.12. The zero-order valence-corrected chi connectivity index (χ0v) is 17.4. The number of nitrogens with zero attached hydrogens (tertiary/aromatic N) is 3. The summed E-state index contributed by atoms with van der Waals surface area (Å²) in [6.07, 6.45) is 1.33. The van der Waals surface area contributed by atoms with Crippen LogP contribution in [0, 0.1) is 18.3 Å². The molecule has 0 spiro atoms. The van der Waals surface area contributed by atoms with Crippen LogP contribution in [0.2, 0.25) is 5.02 Å². The molecule has 2 aliphatic rings. The van der Waals surface area contributed by atoms with Crippen LogP contribution in [-0.4, -0.2) is 53.1 Å². The van der Waals surface area contributed by atoms with E-state index in [4.69, 9.17) is 16.3 Å². The zero-order valence-electron chi connectivity index (χ0n) is 16.7. The number of amides is 1. The van der Waals surface area contributed by atoms with Gasteiger partial charge in [0.15, 0.2) is 0 Å². The van der Waals surface area contributed by atoms with Crippen molar-refractivity contribution >= 4 is 17.5 Å². The third-order valence-corrected chi connectivity index (χ3v) is 6.16. The summed E-state index contributed by atoms with van der Waals surface area (Å²) in [5, 5.41) is 20.6. The van der Waals surface area contributed by atoms with Crippen LogP contribution < -0.4 is 4.74 Å². The smallest absolute Gasteiger partial charge is 0.246 e. The molecule has 1 amide bonds. The summed E-state index contributed by atoms with van der Waals surface area (Å²) >= 11 is 6.78. The number of benzene rings is 2. The summed E-state index contributed by atoms with van der Waals surface area (Å²) in [7, 11) is 0. The van der Waals surface area contributed by atoms with Gasteiger partial charge in [0, 0.05) is 42.9 Å². The molecule has 0 aliphatic carbocycles. The molecule has 2 heterocycles. The fraction of sp³-hybridized carbons (Fsp3) is 0.304. The molecule has 154 valence electrons. The van der Waals surface area contributed by atoms with Gasteiger partial charge in [-0.1, -0.05) is 30.3 Å². The lowest BCUT2D eigenvalue weighted by molar-refractivity contribution is -0.129. The quantitative estimate of drug-likeness (QED) is 0.748. The van der Waals surface area contributed by atoms with Gasteiger partial charge in [0.25, 0.3) is 0 Å². The van der Waals surface area contributed by atoms with Crippen LogP contribution in [0.1, 0.15) is 16.7 Å². The minimum atomic E-state index is -0.0847. The predicted octanol–water partition coefficient (Wildman–Crippen LogP) is 3.48. The van der Waals surface area contributed by atoms with Gasteiger partial charge in [0.1, 0.15) is 18.1 Å². The molecule has 6 nitrogen and oxygen atoms in total. The van der Waals surface area contributed by atoms with Gasteiger partial charge in [-0.05, 0) is 30.7 Å². The molecule has 7 heteroatoms. The van der Waals surface area contributed by atoms with Crippen molar-refractivity contribution in [2.24, 2.45) is 0 Å². The van der Waals surface area contributed by atoms with Crippen molar-refractivity contribution in [2.75, 3.05) is 26.2 Å². The molecule has 4 rings (SSSR count). The van der Waals surface area contributed by atoms with Gasteiger partial charge < -0.3 is 14.7 Å². The fourth-order valence-electron chi connectivity index (χ4n) is 4.26. The van der Waals surface area contributed by atoms with Crippen LogP contribution in [0.25, 0.3) is 11.1 Å². The maximum absolute atomic E-state index is 12.0. The Bertz CT molecular complexity index is 1060. The molecule has 0 aromatic heterocycles. The number of aryl methyl sites for hydroxylation is 1. The third kappa shape index (κ3) is 3.41. The summed E-state index contributed by atoms with van der Waals surface area (Å²) in [5.41, 5.74) is 3.07. The lowest BCUT2D eigenvalue weighted by Crippen LogP contribution is -2.55. The first-order valence-electron chi connectivity index (χ1n) is 9.77. The van der Waals surface area contributed by atoms with E-state index in [-0.39, 0.29) is 17.7 Å². The summed E-state index contributed by atoms with van der Waals surface area (Å²) in [4.78, 5) is 16.0. The monoisotopic (exact) mass is 423 g/mol. The number of halogens is 1. The molecule has 2 aliphatic heterocycles. The van der Waals surface area contributed by atoms with E-state index in [1.165, 1.54) is 6.08 Å². The Hall–Kier alpha value is -3.01. The number of hydrogen-bond acceptors (Lipinski definition) is 5. The lowest BCUT2D eigenvalue weighted by Gasteiger charge is -2.39. The SMILES string of the molecule is C=CC(=O)N1CCN2Cc3cc(C#N)c(-c4c(C)cccc4O)c(Cl)c3OC[C@H]2C1. The number of aromatic hydroxyl groups is 1. The highest BCUT2D eigenvalue weighted by Crippen LogP contribution is 2.46. The number of ether oxygens (including phenoxy) is 1. The molecular weight excluding hydrogens is 402 g/mol. The highest BCUT2D eigenvalue weighted by Gasteiger charge is 2.34. The maximum Gasteiger partial charge on any atom is 0.246 e. The normalized spacial score (nSPS) is 18.4. The number of carbonyl (C=O) groups is 1. The van der Waals surface area contributed by atoms with Crippen molar-refractivity contribution in [1.82, 2.24) is 9.80 Å². The van der Waals surface area contributed by atoms with Crippen molar-refractivity contribution in [2.45, 2.75) is 19.5 Å². The van der Waals surface area contributed by atoms with E-state index < -0.39 is 0 Å². The summed E-state index contributed by atoms with van der Waals surface area (Å²) in [6.45, 7) is 8.25. The molecule has 1 saturated heterocycles.